The van der Waals surface area contributed by atoms with E-state index in [4.69, 9.17) is 9.05 Å². The second-order valence-corrected chi connectivity index (χ2v) is 10.8. The highest BCUT2D eigenvalue weighted by Gasteiger charge is 2.24. The fraction of sp³-hybridized carbons (Fsp3) is 0.296. The minimum atomic E-state index is -0.899. The van der Waals surface area contributed by atoms with Crippen LogP contribution >= 0.6 is 19.7 Å². The molecule has 0 saturated heterocycles. The van der Waals surface area contributed by atoms with Gasteiger partial charge in [-0.3, -0.25) is 4.90 Å². The molecule has 0 amide bonds. The van der Waals surface area contributed by atoms with Gasteiger partial charge in [0.1, 0.15) is 16.9 Å². The first-order chi connectivity index (χ1) is 17.0. The highest BCUT2D eigenvalue weighted by atomic mass is 32.1. The summed E-state index contributed by atoms with van der Waals surface area (Å²) in [7, 11) is 4.27. The number of hydrogen-bond acceptors (Lipinski definition) is 6. The molecule has 0 spiro atoms. The lowest BCUT2D eigenvalue weighted by Gasteiger charge is -2.27. The van der Waals surface area contributed by atoms with Crippen molar-refractivity contribution >= 4 is 30.0 Å². The Labute approximate surface area is 212 Å². The SMILES string of the molecule is C=CCc1ccc(P(OC)OC)cc1.CNc1sc2c(c1C#N)CN(Cc1cccc(F)c1)CC2. The Morgan fingerprint density at radius 1 is 1.20 bits per heavy atom. The summed E-state index contributed by atoms with van der Waals surface area (Å²) in [6, 6.07) is 17.3. The predicted octanol–water partition coefficient (Wildman–Crippen LogP) is 6.00. The summed E-state index contributed by atoms with van der Waals surface area (Å²) in [6.07, 6.45) is 3.74. The van der Waals surface area contributed by atoms with Gasteiger partial charge in [-0.05, 0) is 48.2 Å². The minimum Gasteiger partial charge on any atom is -0.379 e. The minimum absolute atomic E-state index is 0.198. The van der Waals surface area contributed by atoms with E-state index in [-0.39, 0.29) is 5.82 Å². The zero-order valence-corrected chi connectivity index (χ0v) is 22.1. The van der Waals surface area contributed by atoms with Crippen LogP contribution in [0.3, 0.4) is 0 Å². The standard InChI is InChI=1S/C16H16FN3S.C11H15O2P/c1-19-16-13(8-18)14-10-20(6-5-15(14)21-16)9-11-3-2-4-12(17)7-11;1-4-5-10-6-8-11(9-7-10)14(12-2)13-3/h2-4,7,19H,5-6,9-10H2,1H3;4,6-9H,1,5H2,2-3H3. The van der Waals surface area contributed by atoms with Crippen molar-refractivity contribution in [3.05, 3.63) is 94.1 Å². The van der Waals surface area contributed by atoms with Crippen LogP contribution in [0.2, 0.25) is 0 Å². The number of nitrogens with one attached hydrogen (secondary N) is 1. The van der Waals surface area contributed by atoms with E-state index in [0.29, 0.717) is 6.54 Å². The summed E-state index contributed by atoms with van der Waals surface area (Å²) in [6.45, 7) is 6.11. The third-order valence-corrected chi connectivity index (χ3v) is 8.31. The second-order valence-electron chi connectivity index (χ2n) is 7.94. The lowest BCUT2D eigenvalue weighted by Crippen LogP contribution is -2.29. The number of thiophene rings is 1. The van der Waals surface area contributed by atoms with Gasteiger partial charge in [-0.1, -0.05) is 30.3 Å². The number of hydrogen-bond donors (Lipinski definition) is 1. The van der Waals surface area contributed by atoms with Gasteiger partial charge in [-0.25, -0.2) is 4.39 Å². The summed E-state index contributed by atoms with van der Waals surface area (Å²) >= 11 is 1.68. The number of nitriles is 1. The average Bonchev–Trinajstić information content (AvgIpc) is 3.23. The first-order valence-electron chi connectivity index (χ1n) is 11.3. The number of benzene rings is 2. The van der Waals surface area contributed by atoms with Gasteiger partial charge in [-0.15, -0.1) is 17.9 Å². The maximum Gasteiger partial charge on any atom is 0.204 e. The monoisotopic (exact) mass is 511 g/mol. The molecule has 1 aliphatic heterocycles. The van der Waals surface area contributed by atoms with E-state index in [9.17, 15) is 9.65 Å². The fourth-order valence-corrected chi connectivity index (χ4v) is 6.04. The van der Waals surface area contributed by atoms with Crippen molar-refractivity contribution in [2.45, 2.75) is 25.9 Å². The number of fused-ring (bicyclic) bond motifs is 1. The molecular weight excluding hydrogens is 480 g/mol. The molecule has 0 atom stereocenters. The molecule has 2 aromatic carbocycles. The number of nitrogens with zero attached hydrogens (tertiary/aromatic N) is 2. The number of rotatable bonds is 8. The van der Waals surface area contributed by atoms with Gasteiger partial charge in [0, 0.05) is 56.6 Å². The van der Waals surface area contributed by atoms with Gasteiger partial charge in [0.25, 0.3) is 0 Å². The predicted molar refractivity (Wildman–Crippen MR) is 144 cm³/mol. The van der Waals surface area contributed by atoms with Gasteiger partial charge < -0.3 is 14.4 Å². The largest absolute Gasteiger partial charge is 0.379 e. The normalized spacial score (nSPS) is 12.9. The molecule has 0 radical (unpaired) electrons. The molecule has 0 fully saturated rings. The van der Waals surface area contributed by atoms with Crippen LogP contribution in [0.4, 0.5) is 9.39 Å². The summed E-state index contributed by atoms with van der Waals surface area (Å²) in [5.41, 5.74) is 4.13. The van der Waals surface area contributed by atoms with Crippen LogP contribution in [0.25, 0.3) is 0 Å². The van der Waals surface area contributed by atoms with Crippen LogP contribution in [-0.2, 0) is 35.0 Å². The lowest BCUT2D eigenvalue weighted by molar-refractivity contribution is 0.247. The molecule has 35 heavy (non-hydrogen) atoms. The first kappa shape index (κ1) is 27.0. The van der Waals surface area contributed by atoms with Crippen molar-refractivity contribution in [3.63, 3.8) is 0 Å². The Kier molecular flexibility index (Phi) is 10.4. The van der Waals surface area contributed by atoms with E-state index in [0.717, 1.165) is 52.9 Å². The topological polar surface area (TPSA) is 57.5 Å². The van der Waals surface area contributed by atoms with Gasteiger partial charge in [0.05, 0.1) is 5.56 Å². The molecule has 0 aliphatic carbocycles. The Morgan fingerprint density at radius 3 is 2.54 bits per heavy atom. The Hall–Kier alpha value is -2.59. The van der Waals surface area contributed by atoms with Crippen molar-refractivity contribution in [2.24, 2.45) is 0 Å². The molecule has 1 aromatic heterocycles. The summed E-state index contributed by atoms with van der Waals surface area (Å²) in [5, 5.41) is 14.5. The van der Waals surface area contributed by atoms with Crippen molar-refractivity contribution < 1.29 is 13.4 Å². The van der Waals surface area contributed by atoms with Gasteiger partial charge in [0.2, 0.25) is 8.38 Å². The van der Waals surface area contributed by atoms with Crippen LogP contribution in [-0.4, -0.2) is 32.7 Å². The second kappa shape index (κ2) is 13.5. The fourth-order valence-electron chi connectivity index (χ4n) is 3.97. The zero-order valence-electron chi connectivity index (χ0n) is 20.4. The van der Waals surface area contributed by atoms with Crippen molar-refractivity contribution in [1.82, 2.24) is 4.90 Å². The molecule has 184 valence electrons. The van der Waals surface area contributed by atoms with E-state index in [1.54, 1.807) is 37.7 Å². The Bertz CT molecular complexity index is 1160. The molecule has 0 bridgehead atoms. The summed E-state index contributed by atoms with van der Waals surface area (Å²) in [4.78, 5) is 3.57. The molecule has 1 aliphatic rings. The maximum absolute atomic E-state index is 13.3. The van der Waals surface area contributed by atoms with Gasteiger partial charge in [0.15, 0.2) is 0 Å². The van der Waals surface area contributed by atoms with Crippen LogP contribution < -0.4 is 10.6 Å². The maximum atomic E-state index is 13.3. The number of allylic oxidation sites excluding steroid dienone is 1. The van der Waals surface area contributed by atoms with Crippen molar-refractivity contribution in [3.8, 4) is 6.07 Å². The van der Waals surface area contributed by atoms with Gasteiger partial charge in [-0.2, -0.15) is 5.26 Å². The third-order valence-electron chi connectivity index (χ3n) is 5.62. The lowest BCUT2D eigenvalue weighted by atomic mass is 10.0. The summed E-state index contributed by atoms with van der Waals surface area (Å²) in [5.74, 6) is -0.198. The Morgan fingerprint density at radius 2 is 1.94 bits per heavy atom. The van der Waals surface area contributed by atoms with E-state index < -0.39 is 8.38 Å². The molecule has 8 heteroatoms. The summed E-state index contributed by atoms with van der Waals surface area (Å²) < 4.78 is 23.7. The highest BCUT2D eigenvalue weighted by molar-refractivity contribution is 7.55. The number of anilines is 1. The first-order valence-corrected chi connectivity index (χ1v) is 13.3. The van der Waals surface area contributed by atoms with Crippen LogP contribution in [0, 0.1) is 17.1 Å². The van der Waals surface area contributed by atoms with Crippen molar-refractivity contribution in [2.75, 3.05) is 33.1 Å². The molecule has 3 aromatic rings. The highest BCUT2D eigenvalue weighted by Crippen LogP contribution is 2.36. The smallest absolute Gasteiger partial charge is 0.204 e. The molecular formula is C27H31FN3O2PS. The quantitative estimate of drug-likeness (QED) is 0.297. The molecule has 5 nitrogen and oxygen atoms in total. The Balaban J connectivity index is 0.000000214. The van der Waals surface area contributed by atoms with E-state index in [1.807, 2.05) is 31.3 Å². The van der Waals surface area contributed by atoms with Crippen molar-refractivity contribution in [1.29, 1.82) is 5.26 Å². The van der Waals surface area contributed by atoms with E-state index >= 15 is 0 Å². The number of halogens is 1. The van der Waals surface area contributed by atoms with Gasteiger partial charge >= 0.3 is 0 Å². The van der Waals surface area contributed by atoms with Crippen LogP contribution in [0.5, 0.6) is 0 Å². The van der Waals surface area contributed by atoms with Crippen LogP contribution in [0.15, 0.2) is 61.2 Å². The molecule has 1 N–H and O–H groups in total. The average molecular weight is 512 g/mol. The van der Waals surface area contributed by atoms with E-state index in [2.05, 4.69) is 35.0 Å². The molecule has 0 unspecified atom stereocenters. The molecule has 4 rings (SSSR count). The van der Waals surface area contributed by atoms with E-state index in [1.165, 1.54) is 16.5 Å². The third kappa shape index (κ3) is 7.20. The van der Waals surface area contributed by atoms with Crippen LogP contribution in [0.1, 0.15) is 27.1 Å². The zero-order chi connectivity index (χ0) is 25.2. The molecule has 2 heterocycles. The molecule has 0 saturated carbocycles.